The number of urea groups is 1. The molecule has 0 aromatic heterocycles. The van der Waals surface area contributed by atoms with Crippen molar-refractivity contribution in [1.29, 1.82) is 0 Å². The minimum atomic E-state index is -3.88. The van der Waals surface area contributed by atoms with E-state index in [1.807, 2.05) is 11.4 Å². The second kappa shape index (κ2) is 12.8. The zero-order chi connectivity index (χ0) is 26.1. The van der Waals surface area contributed by atoms with Crippen LogP contribution >= 0.6 is 0 Å². The van der Waals surface area contributed by atoms with Gasteiger partial charge in [0.25, 0.3) is 5.91 Å². The van der Waals surface area contributed by atoms with Crippen molar-refractivity contribution in [2.24, 2.45) is 5.18 Å². The van der Waals surface area contributed by atoms with Gasteiger partial charge in [-0.05, 0) is 51.9 Å². The fourth-order valence-electron chi connectivity index (χ4n) is 3.76. The number of nitrogens with one attached hydrogen (secondary N) is 3. The first kappa shape index (κ1) is 28.4. The molecule has 2 rings (SSSR count). The van der Waals surface area contributed by atoms with Crippen LogP contribution in [0.15, 0.2) is 17.3 Å². The molecule has 1 saturated heterocycles. The van der Waals surface area contributed by atoms with Crippen LogP contribution in [-0.4, -0.2) is 67.0 Å². The summed E-state index contributed by atoms with van der Waals surface area (Å²) in [6, 6.07) is -3.21. The lowest BCUT2D eigenvalue weighted by molar-refractivity contribution is -0.138. The van der Waals surface area contributed by atoms with Gasteiger partial charge in [0, 0.05) is 11.7 Å². The molecule has 3 N–H and O–H groups in total. The fraction of sp³-hybridized carbons (Fsp3) is 0.727. The van der Waals surface area contributed by atoms with Crippen LogP contribution in [0.25, 0.3) is 0 Å². The van der Waals surface area contributed by atoms with Gasteiger partial charge in [0.2, 0.25) is 21.8 Å². The smallest absolute Gasteiger partial charge is 0.342 e. The number of nitroso groups, excluding NO2 is 1. The minimum absolute atomic E-state index is 0.0949. The molecule has 2 unspecified atom stereocenters. The molecule has 0 radical (unpaired) electrons. The number of carbonyl (C=O) groups excluding carboxylic acids is 4. The summed E-state index contributed by atoms with van der Waals surface area (Å²) in [5, 5.41) is 6.79. The Morgan fingerprint density at radius 1 is 1.17 bits per heavy atom. The molecule has 0 bridgehead atoms. The van der Waals surface area contributed by atoms with Gasteiger partial charge >= 0.3 is 6.03 Å². The van der Waals surface area contributed by atoms with Crippen molar-refractivity contribution in [1.82, 2.24) is 20.3 Å². The van der Waals surface area contributed by atoms with Crippen molar-refractivity contribution < 1.29 is 27.6 Å². The first-order valence-electron chi connectivity index (χ1n) is 12.0. The molecular weight excluding hydrogens is 478 g/mol. The third-order valence-electron chi connectivity index (χ3n) is 6.33. The summed E-state index contributed by atoms with van der Waals surface area (Å²) >= 11 is 0. The summed E-state index contributed by atoms with van der Waals surface area (Å²) in [4.78, 5) is 60.7. The van der Waals surface area contributed by atoms with Crippen LogP contribution in [0.1, 0.15) is 71.6 Å². The Hall–Kier alpha value is -2.83. The van der Waals surface area contributed by atoms with Crippen LogP contribution in [0.4, 0.5) is 4.79 Å². The zero-order valence-electron chi connectivity index (χ0n) is 20.2. The summed E-state index contributed by atoms with van der Waals surface area (Å²) < 4.78 is 26.2. The highest BCUT2D eigenvalue weighted by Crippen LogP contribution is 2.42. The van der Waals surface area contributed by atoms with Gasteiger partial charge in [-0.3, -0.25) is 19.1 Å². The molecule has 1 saturated carbocycles. The number of sulfonamides is 1. The van der Waals surface area contributed by atoms with E-state index in [1.54, 1.807) is 13.0 Å². The Balaban J connectivity index is 2.06. The molecule has 12 nitrogen and oxygen atoms in total. The number of hydrogen-bond acceptors (Lipinski definition) is 7. The van der Waals surface area contributed by atoms with Crippen molar-refractivity contribution in [3.63, 3.8) is 0 Å². The van der Waals surface area contributed by atoms with Gasteiger partial charge in [-0.25, -0.2) is 13.2 Å². The molecule has 1 aliphatic carbocycles. The maximum Gasteiger partial charge on any atom is 0.379 e. The number of likely N-dealkylation sites (tertiary alicyclic amines) is 1. The maximum atomic E-state index is 13.0. The van der Waals surface area contributed by atoms with Crippen molar-refractivity contribution in [2.45, 2.75) is 88.5 Å². The van der Waals surface area contributed by atoms with Crippen molar-refractivity contribution in [3.05, 3.63) is 17.1 Å². The SMILES string of the molecule is CCCCC/C=C\CC(NC(=O)C1CCCN1C(=O)CNC(=O)N=O)C(=O)NS(=O)(=O)C1(C)CC1. The summed E-state index contributed by atoms with van der Waals surface area (Å²) in [5.41, 5.74) is 0. The first-order chi connectivity index (χ1) is 16.5. The number of hydrogen-bond donors (Lipinski definition) is 3. The first-order valence-corrected chi connectivity index (χ1v) is 13.4. The van der Waals surface area contributed by atoms with Gasteiger partial charge < -0.3 is 15.5 Å². The van der Waals surface area contributed by atoms with Gasteiger partial charge in [-0.1, -0.05) is 31.9 Å². The van der Waals surface area contributed by atoms with Crippen LogP contribution in [0.5, 0.6) is 0 Å². The van der Waals surface area contributed by atoms with E-state index < -0.39 is 57.2 Å². The molecule has 2 fully saturated rings. The van der Waals surface area contributed by atoms with E-state index in [-0.39, 0.29) is 13.0 Å². The van der Waals surface area contributed by atoms with Crippen molar-refractivity contribution in [2.75, 3.05) is 13.1 Å². The molecule has 2 aliphatic rings. The molecule has 2 atom stereocenters. The summed E-state index contributed by atoms with van der Waals surface area (Å²) in [5.74, 6) is -1.99. The van der Waals surface area contributed by atoms with Gasteiger partial charge in [-0.2, -0.15) is 0 Å². The quantitative estimate of drug-likeness (QED) is 0.190. The van der Waals surface area contributed by atoms with Crippen LogP contribution < -0.4 is 15.4 Å². The highest BCUT2D eigenvalue weighted by atomic mass is 32.2. The largest absolute Gasteiger partial charge is 0.379 e. The van der Waals surface area contributed by atoms with Crippen LogP contribution in [-0.2, 0) is 24.4 Å². The Morgan fingerprint density at radius 2 is 1.89 bits per heavy atom. The van der Waals surface area contributed by atoms with Crippen molar-refractivity contribution in [3.8, 4) is 0 Å². The normalized spacial score (nSPS) is 19.7. The molecule has 5 amide bonds. The van der Waals surface area contributed by atoms with Crippen molar-refractivity contribution >= 4 is 33.8 Å². The van der Waals surface area contributed by atoms with Gasteiger partial charge in [-0.15, -0.1) is 4.91 Å². The van der Waals surface area contributed by atoms with Crippen LogP contribution in [0, 0.1) is 4.91 Å². The molecular formula is C22H35N5O7S. The van der Waals surface area contributed by atoms with E-state index in [0.717, 1.165) is 25.7 Å². The van der Waals surface area contributed by atoms with E-state index in [2.05, 4.69) is 22.1 Å². The molecule has 196 valence electrons. The molecule has 1 heterocycles. The molecule has 0 aromatic carbocycles. The van der Waals surface area contributed by atoms with E-state index in [1.165, 1.54) is 4.90 Å². The maximum absolute atomic E-state index is 13.0. The average molecular weight is 514 g/mol. The number of amides is 5. The Kier molecular flexibility index (Phi) is 10.3. The average Bonchev–Trinajstić information content (AvgIpc) is 3.39. The topological polar surface area (TPSA) is 171 Å². The Bertz CT molecular complexity index is 946. The van der Waals surface area contributed by atoms with E-state index in [9.17, 15) is 32.5 Å². The predicted octanol–water partition coefficient (Wildman–Crippen LogP) is 1.46. The highest BCUT2D eigenvalue weighted by molar-refractivity contribution is 7.91. The highest BCUT2D eigenvalue weighted by Gasteiger charge is 2.51. The standard InChI is InChI=1S/C22H35N5O7S/c1-3-4-5-6-7-8-10-16(19(29)26-35(33,34)22(2)12-13-22)24-20(30)17-11-9-14-27(17)18(28)15-23-21(31)25-32/h7-8,16-17H,3-6,9-15H2,1-2H3,(H,23,31)(H,24,30)(H,26,29)/b8-7-. The molecule has 35 heavy (non-hydrogen) atoms. The lowest BCUT2D eigenvalue weighted by Gasteiger charge is -2.26. The second-order valence-electron chi connectivity index (χ2n) is 9.18. The fourth-order valence-corrected chi connectivity index (χ4v) is 5.05. The minimum Gasteiger partial charge on any atom is -0.342 e. The van der Waals surface area contributed by atoms with Gasteiger partial charge in [0.1, 0.15) is 12.1 Å². The second-order valence-corrected chi connectivity index (χ2v) is 11.4. The Labute approximate surface area is 205 Å². The number of nitrogens with zero attached hydrogens (tertiary/aromatic N) is 2. The monoisotopic (exact) mass is 513 g/mol. The van der Waals surface area contributed by atoms with Crippen LogP contribution in [0.2, 0.25) is 0 Å². The number of unbranched alkanes of at least 4 members (excludes halogenated alkanes) is 3. The number of allylic oxidation sites excluding steroid dienone is 1. The van der Waals surface area contributed by atoms with E-state index in [4.69, 9.17) is 0 Å². The predicted molar refractivity (Wildman–Crippen MR) is 128 cm³/mol. The Morgan fingerprint density at radius 3 is 2.51 bits per heavy atom. The molecule has 0 spiro atoms. The molecule has 0 aromatic rings. The summed E-state index contributed by atoms with van der Waals surface area (Å²) in [6.45, 7) is 3.42. The summed E-state index contributed by atoms with van der Waals surface area (Å²) in [7, 11) is -3.88. The lowest BCUT2D eigenvalue weighted by atomic mass is 10.1. The van der Waals surface area contributed by atoms with Crippen LogP contribution in [0.3, 0.4) is 0 Å². The third-order valence-corrected chi connectivity index (χ3v) is 8.51. The lowest BCUT2D eigenvalue weighted by Crippen LogP contribution is -2.55. The van der Waals surface area contributed by atoms with Gasteiger partial charge in [0.05, 0.1) is 11.3 Å². The number of rotatable bonds is 13. The van der Waals surface area contributed by atoms with Gasteiger partial charge in [0.15, 0.2) is 0 Å². The molecule has 1 aliphatic heterocycles. The number of carbonyl (C=O) groups is 4. The van der Waals surface area contributed by atoms with E-state index >= 15 is 0 Å². The molecule has 13 heteroatoms. The summed E-state index contributed by atoms with van der Waals surface area (Å²) in [6.07, 6.45) is 9.44. The zero-order valence-corrected chi connectivity index (χ0v) is 21.1. The van der Waals surface area contributed by atoms with E-state index in [0.29, 0.717) is 25.7 Å². The third kappa shape index (κ3) is 8.11.